The maximum atomic E-state index is 16.1. The molecule has 0 unspecified atom stereocenters. The first kappa shape index (κ1) is 55.8. The zero-order valence-electron chi connectivity index (χ0n) is 43.1. The number of thiazole rings is 1. The standard InChI is InChI=1S/C55H68F3N7O8S/c1-33-24-40-39-10-8-9-11-43(39)62-48(40)49(65(33)31-55(6,7)58)47-41(56)25-36(26-42(47)57)14-17-45(67)59-18-19-71-20-21-72-22-23-73-30-46(68)63-51(54(3,4)5)53(70)64-29-38(66)27-44(64)52(69)60-28-35-12-15-37(16-13-35)50-34(2)61-32-74-50/h8-17,25-26,32-33,38,44,49,51,62,66H,18-24,27-31H2,1-7H3,(H,59,67)(H,60,69)(H,63,68)/b17-14+/t33-,38-,44+,49-,51-/m1/s1. The maximum Gasteiger partial charge on any atom is 0.246 e. The van der Waals surface area contributed by atoms with Crippen molar-refractivity contribution < 1.29 is 51.7 Å². The van der Waals surface area contributed by atoms with Gasteiger partial charge in [-0.05, 0) is 86.1 Å². The van der Waals surface area contributed by atoms with Crippen molar-refractivity contribution in [2.45, 2.75) is 104 Å². The zero-order chi connectivity index (χ0) is 53.3. The number of aliphatic hydroxyl groups is 1. The van der Waals surface area contributed by atoms with E-state index >= 15 is 13.2 Å². The van der Waals surface area contributed by atoms with Crippen LogP contribution in [0.4, 0.5) is 13.2 Å². The van der Waals surface area contributed by atoms with Gasteiger partial charge in [0, 0.05) is 66.9 Å². The van der Waals surface area contributed by atoms with Gasteiger partial charge in [-0.1, -0.05) is 63.2 Å². The van der Waals surface area contributed by atoms with Gasteiger partial charge in [0.1, 0.15) is 36.0 Å². The van der Waals surface area contributed by atoms with Crippen LogP contribution in [0.2, 0.25) is 0 Å². The molecule has 0 saturated carbocycles. The number of hydrogen-bond acceptors (Lipinski definition) is 11. The molecule has 3 aromatic carbocycles. The van der Waals surface area contributed by atoms with E-state index in [1.807, 2.05) is 67.3 Å². The van der Waals surface area contributed by atoms with Gasteiger partial charge in [-0.3, -0.25) is 24.1 Å². The van der Waals surface area contributed by atoms with Crippen LogP contribution >= 0.6 is 11.3 Å². The van der Waals surface area contributed by atoms with E-state index in [-0.39, 0.29) is 89.4 Å². The number of likely N-dealkylation sites (tertiary alicyclic amines) is 1. The lowest BCUT2D eigenvalue weighted by Gasteiger charge is -2.43. The van der Waals surface area contributed by atoms with E-state index in [1.54, 1.807) is 37.6 Å². The highest BCUT2D eigenvalue weighted by molar-refractivity contribution is 7.13. The Bertz CT molecular complexity index is 2770. The fourth-order valence-corrected chi connectivity index (χ4v) is 10.3. The second-order valence-electron chi connectivity index (χ2n) is 20.7. The van der Waals surface area contributed by atoms with Crippen LogP contribution in [0.5, 0.6) is 0 Å². The number of carbonyl (C=O) groups is 4. The number of ether oxygens (including phenoxy) is 3. The number of fused-ring (bicyclic) bond motifs is 3. The molecule has 15 nitrogen and oxygen atoms in total. The summed E-state index contributed by atoms with van der Waals surface area (Å²) in [6.45, 7) is 12.9. The normalized spacial score (nSPS) is 18.7. The summed E-state index contributed by atoms with van der Waals surface area (Å²) < 4.78 is 63.8. The van der Waals surface area contributed by atoms with Crippen molar-refractivity contribution in [2.24, 2.45) is 5.41 Å². The van der Waals surface area contributed by atoms with Gasteiger partial charge in [0.25, 0.3) is 0 Å². The first-order valence-corrected chi connectivity index (χ1v) is 25.8. The number of alkyl halides is 1. The van der Waals surface area contributed by atoms with Gasteiger partial charge in [0.2, 0.25) is 23.6 Å². The molecule has 5 atom stereocenters. The Morgan fingerprint density at radius 3 is 2.28 bits per heavy atom. The Kier molecular flexibility index (Phi) is 18.5. The number of benzene rings is 3. The monoisotopic (exact) mass is 1040 g/mol. The lowest BCUT2D eigenvalue weighted by atomic mass is 9.85. The molecule has 2 aromatic heterocycles. The molecule has 0 bridgehead atoms. The van der Waals surface area contributed by atoms with E-state index in [0.29, 0.717) is 12.1 Å². The van der Waals surface area contributed by atoms with E-state index in [0.717, 1.165) is 38.2 Å². The molecule has 398 valence electrons. The molecule has 74 heavy (non-hydrogen) atoms. The predicted octanol–water partition coefficient (Wildman–Crippen LogP) is 6.95. The van der Waals surface area contributed by atoms with Crippen LogP contribution in [0, 0.1) is 24.0 Å². The number of rotatable bonds is 22. The van der Waals surface area contributed by atoms with Gasteiger partial charge < -0.3 is 45.2 Å². The zero-order valence-corrected chi connectivity index (χ0v) is 43.9. The van der Waals surface area contributed by atoms with Crippen molar-refractivity contribution in [3.05, 3.63) is 118 Å². The minimum atomic E-state index is -1.63. The number of H-pyrrole nitrogens is 1. The minimum Gasteiger partial charge on any atom is -0.391 e. The van der Waals surface area contributed by atoms with Crippen LogP contribution < -0.4 is 16.0 Å². The summed E-state index contributed by atoms with van der Waals surface area (Å²) in [6, 6.07) is 14.8. The number of carbonyl (C=O) groups excluding carboxylic acids is 4. The van der Waals surface area contributed by atoms with E-state index in [4.69, 9.17) is 14.2 Å². The number of nitrogens with one attached hydrogen (secondary N) is 4. The molecule has 4 heterocycles. The van der Waals surface area contributed by atoms with Crippen LogP contribution in [0.1, 0.15) is 87.6 Å². The van der Waals surface area contributed by atoms with Gasteiger partial charge in [0.15, 0.2) is 0 Å². The van der Waals surface area contributed by atoms with Crippen LogP contribution in [-0.4, -0.2) is 138 Å². The van der Waals surface area contributed by atoms with Crippen molar-refractivity contribution in [1.29, 1.82) is 0 Å². The van der Waals surface area contributed by atoms with Crippen LogP contribution in [0.15, 0.2) is 72.3 Å². The molecule has 0 radical (unpaired) electrons. The maximum absolute atomic E-state index is 16.1. The lowest BCUT2D eigenvalue weighted by molar-refractivity contribution is -0.144. The van der Waals surface area contributed by atoms with E-state index in [2.05, 4.69) is 25.9 Å². The summed E-state index contributed by atoms with van der Waals surface area (Å²) in [5.74, 6) is -3.52. The molecule has 0 aliphatic carbocycles. The van der Waals surface area contributed by atoms with Crippen LogP contribution in [0.3, 0.4) is 0 Å². The molecule has 4 amide bonds. The SMILES string of the molecule is Cc1ncsc1-c1ccc(CNC(=O)[C@@H]2C[C@@H](O)CN2C(=O)[C@@H](NC(=O)COCCOCCOCCNC(=O)/C=C/c2cc(F)c([C@@H]3c4[nH]c5ccccc5c4C[C@@H](C)N3CC(C)(C)F)c(F)c2)C(C)(C)C)cc1. The average molecular weight is 1040 g/mol. The van der Waals surface area contributed by atoms with Gasteiger partial charge >= 0.3 is 0 Å². The number of aromatic nitrogens is 2. The number of para-hydroxylation sites is 1. The first-order valence-electron chi connectivity index (χ1n) is 25.0. The van der Waals surface area contributed by atoms with Crippen LogP contribution in [0.25, 0.3) is 27.4 Å². The Balaban J connectivity index is 0.788. The number of β-amino-alcohol motifs (C(OH)–C–C–N with tert-alkyl or cyclic N) is 1. The molecule has 1 fully saturated rings. The summed E-state index contributed by atoms with van der Waals surface area (Å²) in [7, 11) is 0. The summed E-state index contributed by atoms with van der Waals surface area (Å²) in [6.07, 6.45) is 2.25. The van der Waals surface area contributed by atoms with Gasteiger partial charge in [-0.25, -0.2) is 18.2 Å². The van der Waals surface area contributed by atoms with Crippen molar-refractivity contribution in [1.82, 2.24) is 35.7 Å². The van der Waals surface area contributed by atoms with E-state index in [9.17, 15) is 24.3 Å². The molecule has 5 aromatic rings. The third-order valence-corrected chi connectivity index (χ3v) is 14.1. The Hall–Kier alpha value is -5.96. The van der Waals surface area contributed by atoms with Crippen molar-refractivity contribution in [3.8, 4) is 10.4 Å². The van der Waals surface area contributed by atoms with Gasteiger partial charge in [-0.15, -0.1) is 11.3 Å². The number of hydrogen-bond donors (Lipinski definition) is 5. The number of nitrogens with zero attached hydrogens (tertiary/aromatic N) is 3. The summed E-state index contributed by atoms with van der Waals surface area (Å²) in [5, 5.41) is 19.8. The van der Waals surface area contributed by atoms with Crippen molar-refractivity contribution in [3.63, 3.8) is 0 Å². The lowest BCUT2D eigenvalue weighted by Crippen LogP contribution is -2.58. The van der Waals surface area contributed by atoms with E-state index in [1.165, 1.54) is 43.0 Å². The summed E-state index contributed by atoms with van der Waals surface area (Å²) in [4.78, 5) is 64.8. The van der Waals surface area contributed by atoms with Gasteiger partial charge in [0.05, 0.1) is 61.3 Å². The average Bonchev–Trinajstić information content (AvgIpc) is 4.07. The number of amides is 4. The molecule has 2 aliphatic rings. The molecule has 0 spiro atoms. The fraction of sp³-hybridized carbons (Fsp3) is 0.473. The molecule has 5 N–H and O–H groups in total. The highest BCUT2D eigenvalue weighted by Crippen LogP contribution is 2.43. The van der Waals surface area contributed by atoms with E-state index < -0.39 is 70.6 Å². The number of halogens is 3. The van der Waals surface area contributed by atoms with Gasteiger partial charge in [-0.2, -0.15) is 0 Å². The highest BCUT2D eigenvalue weighted by Gasteiger charge is 2.45. The molecule has 7 rings (SSSR count). The second kappa shape index (κ2) is 24.6. The quantitative estimate of drug-likeness (QED) is 0.0359. The number of aliphatic hydroxyl groups excluding tert-OH is 1. The summed E-state index contributed by atoms with van der Waals surface area (Å²) in [5.41, 5.74) is 4.66. The Morgan fingerprint density at radius 2 is 1.62 bits per heavy atom. The third-order valence-electron chi connectivity index (χ3n) is 13.1. The first-order chi connectivity index (χ1) is 35.2. The fourth-order valence-electron chi connectivity index (χ4n) is 9.52. The Labute approximate surface area is 434 Å². The van der Waals surface area contributed by atoms with Crippen molar-refractivity contribution in [2.75, 3.05) is 59.3 Å². The minimum absolute atomic E-state index is 0.0407. The highest BCUT2D eigenvalue weighted by atomic mass is 32.1. The predicted molar refractivity (Wildman–Crippen MR) is 278 cm³/mol. The second-order valence-corrected chi connectivity index (χ2v) is 21.5. The molecular formula is C55H68F3N7O8S. The Morgan fingerprint density at radius 1 is 0.946 bits per heavy atom. The number of aromatic amines is 1. The molecular weight excluding hydrogens is 976 g/mol. The molecule has 1 saturated heterocycles. The topological polar surface area (TPSA) is 187 Å². The molecule has 2 aliphatic heterocycles. The smallest absolute Gasteiger partial charge is 0.246 e. The van der Waals surface area contributed by atoms with Crippen molar-refractivity contribution >= 4 is 51.9 Å². The molecule has 19 heteroatoms. The third kappa shape index (κ3) is 14.2. The van der Waals surface area contributed by atoms with Crippen LogP contribution in [-0.2, 0) is 46.4 Å². The summed E-state index contributed by atoms with van der Waals surface area (Å²) >= 11 is 1.56. The largest absolute Gasteiger partial charge is 0.391 e. The number of aryl methyl sites for hydroxylation is 1.